The van der Waals surface area contributed by atoms with Gasteiger partial charge >= 0.3 is 10.3 Å². The van der Waals surface area contributed by atoms with Gasteiger partial charge in [-0.05, 0) is 30.5 Å². The molecule has 0 aliphatic carbocycles. The van der Waals surface area contributed by atoms with Crippen molar-refractivity contribution in [3.05, 3.63) is 60.2 Å². The molecule has 1 N–H and O–H groups in total. The molecule has 0 radical (unpaired) electrons. The highest BCUT2D eigenvalue weighted by Gasteiger charge is 2.41. The van der Waals surface area contributed by atoms with Crippen LogP contribution in [0.15, 0.2) is 54.6 Å². The first kappa shape index (κ1) is 34.4. The Hall–Kier alpha value is -2.05. The van der Waals surface area contributed by atoms with Crippen LogP contribution in [0, 0.1) is 0 Å². The summed E-state index contributed by atoms with van der Waals surface area (Å²) in [4.78, 5) is 2.13. The molecule has 5 nitrogen and oxygen atoms in total. The van der Waals surface area contributed by atoms with Crippen molar-refractivity contribution in [2.24, 2.45) is 0 Å². The fourth-order valence-electron chi connectivity index (χ4n) is 6.45. The van der Waals surface area contributed by atoms with Crippen molar-refractivity contribution < 1.29 is 13.0 Å². The van der Waals surface area contributed by atoms with Gasteiger partial charge in [0.25, 0.3) is 0 Å². The van der Waals surface area contributed by atoms with Crippen LogP contribution in [0.1, 0.15) is 147 Å². The monoisotopic (exact) mass is 598 g/mol. The van der Waals surface area contributed by atoms with Gasteiger partial charge in [0.1, 0.15) is 6.17 Å². The van der Waals surface area contributed by atoms with Crippen LogP contribution in [0.25, 0.3) is 0 Å². The van der Waals surface area contributed by atoms with Gasteiger partial charge in [0.2, 0.25) is 0 Å². The topological polar surface area (TPSA) is 60.9 Å². The molecule has 0 amide bonds. The van der Waals surface area contributed by atoms with Crippen LogP contribution in [0.2, 0.25) is 0 Å². The van der Waals surface area contributed by atoms with Gasteiger partial charge in [0.15, 0.2) is 0 Å². The third kappa shape index (κ3) is 12.3. The lowest BCUT2D eigenvalue weighted by Crippen LogP contribution is -2.45. The highest BCUT2D eigenvalue weighted by atomic mass is 32.2. The van der Waals surface area contributed by atoms with Crippen LogP contribution in [0.3, 0.4) is 0 Å². The minimum Gasteiger partial charge on any atom is -0.344 e. The van der Waals surface area contributed by atoms with Gasteiger partial charge in [0.05, 0.1) is 11.4 Å². The number of unbranched alkanes of at least 4 members (excludes halogenated alkanes) is 19. The summed E-state index contributed by atoms with van der Waals surface area (Å²) < 4.78 is 36.3. The lowest BCUT2D eigenvalue weighted by atomic mass is 10.0. The Morgan fingerprint density at radius 3 is 1.43 bits per heavy atom. The molecule has 1 aliphatic heterocycles. The number of rotatable bonds is 24. The van der Waals surface area contributed by atoms with E-state index >= 15 is 0 Å². The molecule has 1 heterocycles. The second-order valence-corrected chi connectivity index (χ2v) is 13.7. The first-order valence-electron chi connectivity index (χ1n) is 17.2. The summed E-state index contributed by atoms with van der Waals surface area (Å²) in [5.41, 5.74) is 2.55. The van der Waals surface area contributed by atoms with Gasteiger partial charge in [0, 0.05) is 6.54 Å². The smallest absolute Gasteiger partial charge is 0.344 e. The van der Waals surface area contributed by atoms with E-state index in [-0.39, 0.29) is 0 Å². The molecule has 2 aromatic rings. The maximum atomic E-state index is 12.5. The summed E-state index contributed by atoms with van der Waals surface area (Å²) in [6.07, 6.45) is 27.1. The SMILES string of the molecule is CCCCCCCCCCCCCCCCCCCCCCC1N(Cc2ccccc2)c2ccccc2N1S(=O)(=O)O. The van der Waals surface area contributed by atoms with Crippen LogP contribution in [0.4, 0.5) is 11.4 Å². The molecule has 1 unspecified atom stereocenters. The minimum absolute atomic E-state index is 0.409. The normalized spacial score (nSPS) is 15.0. The minimum atomic E-state index is -4.37. The number of nitrogens with zero attached hydrogens (tertiary/aromatic N) is 2. The molecule has 3 rings (SSSR count). The highest BCUT2D eigenvalue weighted by molar-refractivity contribution is 7.87. The van der Waals surface area contributed by atoms with Crippen LogP contribution in [-0.4, -0.2) is 19.1 Å². The average Bonchev–Trinajstić information content (AvgIpc) is 3.30. The maximum absolute atomic E-state index is 12.5. The van der Waals surface area contributed by atoms with E-state index in [2.05, 4.69) is 24.0 Å². The van der Waals surface area contributed by atoms with E-state index in [1.54, 1.807) is 6.07 Å². The van der Waals surface area contributed by atoms with Crippen molar-refractivity contribution in [1.29, 1.82) is 0 Å². The predicted octanol–water partition coefficient (Wildman–Crippen LogP) is 10.9. The van der Waals surface area contributed by atoms with E-state index in [9.17, 15) is 13.0 Å². The molecular weight excluding hydrogens is 540 g/mol. The van der Waals surface area contributed by atoms with Crippen LogP contribution < -0.4 is 9.21 Å². The third-order valence-corrected chi connectivity index (χ3v) is 9.76. The van der Waals surface area contributed by atoms with Crippen molar-refractivity contribution in [2.75, 3.05) is 9.21 Å². The summed E-state index contributed by atoms with van der Waals surface area (Å²) >= 11 is 0. The summed E-state index contributed by atoms with van der Waals surface area (Å²) in [5, 5.41) is 0. The highest BCUT2D eigenvalue weighted by Crippen LogP contribution is 2.43. The average molecular weight is 599 g/mol. The molecule has 236 valence electrons. The van der Waals surface area contributed by atoms with E-state index in [1.807, 2.05) is 36.4 Å². The molecule has 0 bridgehead atoms. The van der Waals surface area contributed by atoms with Crippen LogP contribution in [-0.2, 0) is 16.8 Å². The van der Waals surface area contributed by atoms with Crippen LogP contribution in [0.5, 0.6) is 0 Å². The van der Waals surface area contributed by atoms with Crippen molar-refractivity contribution in [3.8, 4) is 0 Å². The Labute approximate surface area is 258 Å². The second kappa shape index (κ2) is 20.0. The summed E-state index contributed by atoms with van der Waals surface area (Å²) in [6.45, 7) is 2.89. The van der Waals surface area contributed by atoms with Crippen molar-refractivity contribution >= 4 is 21.7 Å². The van der Waals surface area contributed by atoms with E-state index in [1.165, 1.54) is 120 Å². The summed E-state index contributed by atoms with van der Waals surface area (Å²) in [6, 6.07) is 17.6. The number of benzene rings is 2. The number of hydrogen-bond acceptors (Lipinski definition) is 3. The Kier molecular flexibility index (Phi) is 16.4. The maximum Gasteiger partial charge on any atom is 0.361 e. The molecule has 0 spiro atoms. The molecule has 0 saturated carbocycles. The first-order valence-corrected chi connectivity index (χ1v) is 18.6. The van der Waals surface area contributed by atoms with Crippen molar-refractivity contribution in [2.45, 2.75) is 154 Å². The number of anilines is 2. The molecule has 1 aliphatic rings. The molecule has 6 heteroatoms. The van der Waals surface area contributed by atoms with Gasteiger partial charge in [-0.2, -0.15) is 8.42 Å². The zero-order valence-electron chi connectivity index (χ0n) is 26.4. The van der Waals surface area contributed by atoms with Gasteiger partial charge < -0.3 is 4.90 Å². The molecule has 42 heavy (non-hydrogen) atoms. The Morgan fingerprint density at radius 1 is 0.571 bits per heavy atom. The fraction of sp³-hybridized carbons (Fsp3) is 0.667. The Bertz CT molecular complexity index is 1080. The third-order valence-electron chi connectivity index (χ3n) is 8.82. The summed E-state index contributed by atoms with van der Waals surface area (Å²) in [5.74, 6) is 0. The number of para-hydroxylation sites is 2. The van der Waals surface area contributed by atoms with Gasteiger partial charge in [-0.1, -0.05) is 171 Å². The van der Waals surface area contributed by atoms with Gasteiger partial charge in [-0.15, -0.1) is 0 Å². The lowest BCUT2D eigenvalue weighted by Gasteiger charge is -2.31. The Morgan fingerprint density at radius 2 is 0.976 bits per heavy atom. The summed E-state index contributed by atoms with van der Waals surface area (Å²) in [7, 11) is -4.37. The second-order valence-electron chi connectivity index (χ2n) is 12.4. The molecule has 0 fully saturated rings. The predicted molar refractivity (Wildman–Crippen MR) is 180 cm³/mol. The van der Waals surface area contributed by atoms with Gasteiger partial charge in [-0.25, -0.2) is 4.31 Å². The lowest BCUT2D eigenvalue weighted by molar-refractivity contribution is 0.456. The van der Waals surface area contributed by atoms with Crippen molar-refractivity contribution in [3.63, 3.8) is 0 Å². The van der Waals surface area contributed by atoms with E-state index in [0.29, 0.717) is 18.7 Å². The standard InChI is InChI=1S/C36H58N2O3S/c1-2-3-4-5-6-7-8-9-10-11-12-13-14-15-16-17-18-19-20-24-31-36-37(32-33-27-22-21-23-28-33)34-29-25-26-30-35(34)38(36)42(39,40)41/h21-23,25-30,36H,2-20,24,31-32H2,1H3,(H,39,40,41). The largest absolute Gasteiger partial charge is 0.361 e. The van der Waals surface area contributed by atoms with E-state index in [4.69, 9.17) is 0 Å². The first-order chi connectivity index (χ1) is 20.5. The zero-order valence-corrected chi connectivity index (χ0v) is 27.2. The van der Waals surface area contributed by atoms with Crippen molar-refractivity contribution in [1.82, 2.24) is 0 Å². The van der Waals surface area contributed by atoms with Crippen LogP contribution >= 0.6 is 0 Å². The van der Waals surface area contributed by atoms with E-state index in [0.717, 1.165) is 24.1 Å². The molecular formula is C36H58N2O3S. The van der Waals surface area contributed by atoms with E-state index < -0.39 is 16.5 Å². The quantitative estimate of drug-likeness (QED) is 0.0964. The molecule has 0 aromatic heterocycles. The zero-order chi connectivity index (χ0) is 29.9. The molecule has 1 atom stereocenters. The Balaban J connectivity index is 1.25. The van der Waals surface area contributed by atoms with Gasteiger partial charge in [-0.3, -0.25) is 4.55 Å². The fourth-order valence-corrected chi connectivity index (χ4v) is 7.37. The molecule has 0 saturated heterocycles. The molecule has 2 aromatic carbocycles. The number of fused-ring (bicyclic) bond motifs is 1. The number of hydrogen-bond donors (Lipinski definition) is 1.